The minimum absolute atomic E-state index is 0.426. The maximum atomic E-state index is 5.44. The van der Waals surface area contributed by atoms with E-state index < -0.39 is 0 Å². The Kier molecular flexibility index (Phi) is 4.13. The lowest BCUT2D eigenvalue weighted by molar-refractivity contribution is 0.153. The number of piperidine rings is 1. The number of likely N-dealkylation sites (tertiary alicyclic amines) is 1. The number of aromatic nitrogens is 2. The van der Waals surface area contributed by atoms with Crippen molar-refractivity contribution in [2.24, 2.45) is 0 Å². The molecule has 3 heterocycles. The van der Waals surface area contributed by atoms with E-state index in [1.165, 1.54) is 25.8 Å². The average Bonchev–Trinajstić information content (AvgIpc) is 3.09. The standard InChI is InChI=1S/C14H24N4O/c1-2-18-8-4-3-5-12(18)9-13-16-14(19-17-13)11-6-7-15-10-11/h11-12,15H,2-10H2,1H3. The van der Waals surface area contributed by atoms with Crippen LogP contribution in [0.15, 0.2) is 4.52 Å². The van der Waals surface area contributed by atoms with Crippen molar-refractivity contribution in [3.8, 4) is 0 Å². The molecule has 1 N–H and O–H groups in total. The van der Waals surface area contributed by atoms with Gasteiger partial charge in [-0.1, -0.05) is 18.5 Å². The number of rotatable bonds is 4. The van der Waals surface area contributed by atoms with Crippen molar-refractivity contribution in [2.45, 2.75) is 51.0 Å². The van der Waals surface area contributed by atoms with E-state index in [1.807, 2.05) is 0 Å². The third-order valence-corrected chi connectivity index (χ3v) is 4.47. The number of hydrogen-bond acceptors (Lipinski definition) is 5. The van der Waals surface area contributed by atoms with Gasteiger partial charge in [0.1, 0.15) is 0 Å². The van der Waals surface area contributed by atoms with Crippen molar-refractivity contribution in [1.29, 1.82) is 0 Å². The van der Waals surface area contributed by atoms with Gasteiger partial charge in [0.2, 0.25) is 5.89 Å². The lowest BCUT2D eigenvalue weighted by atomic mass is 9.99. The van der Waals surface area contributed by atoms with Crippen molar-refractivity contribution in [3.05, 3.63) is 11.7 Å². The van der Waals surface area contributed by atoms with Crippen LogP contribution in [0.1, 0.15) is 50.2 Å². The Morgan fingerprint density at radius 2 is 2.32 bits per heavy atom. The zero-order valence-corrected chi connectivity index (χ0v) is 11.8. The van der Waals surface area contributed by atoms with E-state index in [9.17, 15) is 0 Å². The molecule has 0 aromatic carbocycles. The Morgan fingerprint density at radius 1 is 1.37 bits per heavy atom. The molecule has 2 atom stereocenters. The van der Waals surface area contributed by atoms with E-state index in [0.29, 0.717) is 12.0 Å². The molecule has 0 spiro atoms. The van der Waals surface area contributed by atoms with Gasteiger partial charge in [-0.15, -0.1) is 0 Å². The zero-order chi connectivity index (χ0) is 13.1. The number of hydrogen-bond donors (Lipinski definition) is 1. The zero-order valence-electron chi connectivity index (χ0n) is 11.8. The summed E-state index contributed by atoms with van der Waals surface area (Å²) < 4.78 is 5.44. The highest BCUT2D eigenvalue weighted by Crippen LogP contribution is 2.23. The van der Waals surface area contributed by atoms with Gasteiger partial charge in [0.05, 0.1) is 5.92 Å². The van der Waals surface area contributed by atoms with Crippen LogP contribution in [0.3, 0.4) is 0 Å². The number of nitrogens with zero attached hydrogens (tertiary/aromatic N) is 3. The summed E-state index contributed by atoms with van der Waals surface area (Å²) in [6.07, 6.45) is 5.99. The summed E-state index contributed by atoms with van der Waals surface area (Å²) in [5.74, 6) is 2.15. The van der Waals surface area contributed by atoms with Crippen LogP contribution < -0.4 is 5.32 Å². The average molecular weight is 264 g/mol. The first-order valence-electron chi connectivity index (χ1n) is 7.64. The van der Waals surface area contributed by atoms with Crippen LogP contribution in [0, 0.1) is 0 Å². The SMILES string of the molecule is CCN1CCCCC1Cc1noc(C2CCNC2)n1. The third-order valence-electron chi connectivity index (χ3n) is 4.47. The second-order valence-electron chi connectivity index (χ2n) is 5.72. The topological polar surface area (TPSA) is 54.2 Å². The fraction of sp³-hybridized carbons (Fsp3) is 0.857. The molecule has 0 aliphatic carbocycles. The summed E-state index contributed by atoms with van der Waals surface area (Å²) in [6.45, 7) is 6.63. The summed E-state index contributed by atoms with van der Waals surface area (Å²) in [5, 5.41) is 7.52. The second kappa shape index (κ2) is 6.01. The molecule has 0 bridgehead atoms. The molecular weight excluding hydrogens is 240 g/mol. The molecule has 19 heavy (non-hydrogen) atoms. The Bertz CT molecular complexity index is 400. The molecular formula is C14H24N4O. The molecule has 2 fully saturated rings. The number of likely N-dealkylation sites (N-methyl/N-ethyl adjacent to an activating group) is 1. The van der Waals surface area contributed by atoms with Crippen molar-refractivity contribution in [3.63, 3.8) is 0 Å². The monoisotopic (exact) mass is 264 g/mol. The smallest absolute Gasteiger partial charge is 0.231 e. The van der Waals surface area contributed by atoms with Gasteiger partial charge < -0.3 is 14.7 Å². The van der Waals surface area contributed by atoms with Crippen molar-refractivity contribution in [1.82, 2.24) is 20.4 Å². The van der Waals surface area contributed by atoms with Gasteiger partial charge in [0, 0.05) is 19.0 Å². The Hall–Kier alpha value is -0.940. The largest absolute Gasteiger partial charge is 0.339 e. The highest BCUT2D eigenvalue weighted by atomic mass is 16.5. The lowest BCUT2D eigenvalue weighted by Crippen LogP contribution is -2.40. The molecule has 0 radical (unpaired) electrons. The van der Waals surface area contributed by atoms with Gasteiger partial charge in [-0.25, -0.2) is 0 Å². The van der Waals surface area contributed by atoms with E-state index in [4.69, 9.17) is 4.52 Å². The van der Waals surface area contributed by atoms with E-state index >= 15 is 0 Å². The first-order valence-corrected chi connectivity index (χ1v) is 7.64. The third kappa shape index (κ3) is 2.98. The van der Waals surface area contributed by atoms with Crippen molar-refractivity contribution in [2.75, 3.05) is 26.2 Å². The summed E-state index contributed by atoms with van der Waals surface area (Å²) in [4.78, 5) is 7.16. The minimum Gasteiger partial charge on any atom is -0.339 e. The normalized spacial score (nSPS) is 28.9. The van der Waals surface area contributed by atoms with Crippen LogP contribution >= 0.6 is 0 Å². The second-order valence-corrected chi connectivity index (χ2v) is 5.72. The molecule has 5 heteroatoms. The molecule has 5 nitrogen and oxygen atoms in total. The highest BCUT2D eigenvalue weighted by Gasteiger charge is 2.26. The summed E-state index contributed by atoms with van der Waals surface area (Å²) in [7, 11) is 0. The molecule has 1 aromatic heterocycles. The summed E-state index contributed by atoms with van der Waals surface area (Å²) >= 11 is 0. The Morgan fingerprint density at radius 3 is 3.11 bits per heavy atom. The maximum Gasteiger partial charge on any atom is 0.231 e. The van der Waals surface area contributed by atoms with Gasteiger partial charge in [-0.05, 0) is 38.9 Å². The van der Waals surface area contributed by atoms with Crippen molar-refractivity contribution < 1.29 is 4.52 Å². The van der Waals surface area contributed by atoms with Gasteiger partial charge in [0.15, 0.2) is 5.82 Å². The van der Waals surface area contributed by atoms with E-state index in [2.05, 4.69) is 27.3 Å². The molecule has 2 saturated heterocycles. The molecule has 2 unspecified atom stereocenters. The fourth-order valence-corrected chi connectivity index (χ4v) is 3.30. The van der Waals surface area contributed by atoms with Gasteiger partial charge in [-0.2, -0.15) is 4.98 Å². The predicted molar refractivity (Wildman–Crippen MR) is 73.1 cm³/mol. The summed E-state index contributed by atoms with van der Waals surface area (Å²) in [6, 6.07) is 0.603. The fourth-order valence-electron chi connectivity index (χ4n) is 3.30. The van der Waals surface area contributed by atoms with Crippen LogP contribution in [0.25, 0.3) is 0 Å². The molecule has 0 amide bonds. The molecule has 3 rings (SSSR count). The van der Waals surface area contributed by atoms with Gasteiger partial charge >= 0.3 is 0 Å². The first-order chi connectivity index (χ1) is 9.36. The summed E-state index contributed by atoms with van der Waals surface area (Å²) in [5.41, 5.74) is 0. The van der Waals surface area contributed by atoms with E-state index in [-0.39, 0.29) is 0 Å². The molecule has 2 aliphatic heterocycles. The minimum atomic E-state index is 0.426. The van der Waals surface area contributed by atoms with Crippen LogP contribution in [-0.2, 0) is 6.42 Å². The Labute approximate surface area is 114 Å². The van der Waals surface area contributed by atoms with Crippen LogP contribution in [0.4, 0.5) is 0 Å². The van der Waals surface area contributed by atoms with Gasteiger partial charge in [-0.3, -0.25) is 0 Å². The van der Waals surface area contributed by atoms with Crippen molar-refractivity contribution >= 4 is 0 Å². The maximum absolute atomic E-state index is 5.44. The van der Waals surface area contributed by atoms with Crippen LogP contribution in [0.5, 0.6) is 0 Å². The van der Waals surface area contributed by atoms with Crippen LogP contribution in [0.2, 0.25) is 0 Å². The van der Waals surface area contributed by atoms with Crippen LogP contribution in [-0.4, -0.2) is 47.3 Å². The molecule has 0 saturated carbocycles. The lowest BCUT2D eigenvalue weighted by Gasteiger charge is -2.34. The number of nitrogens with one attached hydrogen (secondary N) is 1. The Balaban J connectivity index is 1.62. The first kappa shape index (κ1) is 13.1. The van der Waals surface area contributed by atoms with Gasteiger partial charge in [0.25, 0.3) is 0 Å². The quantitative estimate of drug-likeness (QED) is 0.894. The van der Waals surface area contributed by atoms with E-state index in [0.717, 1.165) is 44.2 Å². The molecule has 1 aromatic rings. The van der Waals surface area contributed by atoms with E-state index in [1.54, 1.807) is 0 Å². The molecule has 106 valence electrons. The predicted octanol–water partition coefficient (Wildman–Crippen LogP) is 1.56. The highest BCUT2D eigenvalue weighted by molar-refractivity contribution is 4.99. The molecule has 2 aliphatic rings.